The Kier molecular flexibility index (Phi) is 4.99. The number of nitrogens with one attached hydrogen (secondary N) is 1. The van der Waals surface area contributed by atoms with E-state index >= 15 is 0 Å². The van der Waals surface area contributed by atoms with Gasteiger partial charge in [-0.2, -0.15) is 18.4 Å². The second-order valence-electron chi connectivity index (χ2n) is 6.27. The molecule has 2 aromatic rings. The Balaban J connectivity index is 1.78. The van der Waals surface area contributed by atoms with Crippen LogP contribution in [0.4, 0.5) is 18.9 Å². The number of ether oxygens (including phenoxy) is 1. The fourth-order valence-electron chi connectivity index (χ4n) is 2.68. The summed E-state index contributed by atoms with van der Waals surface area (Å²) in [4.78, 5) is 20.7. The normalized spacial score (nSPS) is 22.0. The molecule has 3 N–H and O–H groups in total. The van der Waals surface area contributed by atoms with Crippen molar-refractivity contribution in [2.75, 3.05) is 5.32 Å². The van der Waals surface area contributed by atoms with Crippen LogP contribution in [-0.4, -0.2) is 29.2 Å². The summed E-state index contributed by atoms with van der Waals surface area (Å²) in [6.45, 7) is 1.53. The van der Waals surface area contributed by atoms with Gasteiger partial charge < -0.3 is 15.8 Å². The average molecular weight is 409 g/mol. The standard InChI is InChI=1S/C17H14F3N5O2S/c1-16(5-12(17(18,19)20)27-15(22)25-16)13-4-10(8-28-13)24-14(26)11-3-2-9(6-21)7-23-11/h2-4,7-8,12H,5H2,1H3,(H2,22,25)(H,24,26)/t12-,16-/m0/s1. The quantitative estimate of drug-likeness (QED) is 0.809. The molecule has 1 amide bonds. The molecule has 1 aliphatic rings. The molecule has 146 valence electrons. The SMILES string of the molecule is C[C@@]1(c2cc(NC(=O)c3ccc(C#N)cn3)cs2)C[C@@H](C(F)(F)F)OC(N)=N1. The maximum atomic E-state index is 13.1. The first-order valence-electron chi connectivity index (χ1n) is 7.96. The van der Waals surface area contributed by atoms with Crippen LogP contribution in [0.2, 0.25) is 0 Å². The van der Waals surface area contributed by atoms with Gasteiger partial charge in [0.15, 0.2) is 6.10 Å². The first-order chi connectivity index (χ1) is 13.1. The van der Waals surface area contributed by atoms with E-state index in [2.05, 4.69) is 20.0 Å². The monoisotopic (exact) mass is 409 g/mol. The van der Waals surface area contributed by atoms with Gasteiger partial charge in [-0.3, -0.25) is 4.79 Å². The molecule has 0 saturated heterocycles. The first-order valence-corrected chi connectivity index (χ1v) is 8.84. The number of amides is 1. The lowest BCUT2D eigenvalue weighted by Gasteiger charge is -2.34. The van der Waals surface area contributed by atoms with Crippen LogP contribution in [0.25, 0.3) is 0 Å². The summed E-state index contributed by atoms with van der Waals surface area (Å²) in [6.07, 6.45) is -5.79. The Morgan fingerprint density at radius 1 is 1.50 bits per heavy atom. The fraction of sp³-hybridized carbons (Fsp3) is 0.294. The molecule has 11 heteroatoms. The number of carbonyl (C=O) groups excluding carboxylic acids is 1. The lowest BCUT2D eigenvalue weighted by Crippen LogP contribution is -2.45. The molecule has 0 radical (unpaired) electrons. The van der Waals surface area contributed by atoms with Crippen molar-refractivity contribution in [1.82, 2.24) is 4.98 Å². The van der Waals surface area contributed by atoms with E-state index in [1.54, 1.807) is 11.4 Å². The molecule has 2 aromatic heterocycles. The van der Waals surface area contributed by atoms with Crippen LogP contribution in [0.3, 0.4) is 0 Å². The molecule has 3 rings (SSSR count). The minimum atomic E-state index is -4.57. The van der Waals surface area contributed by atoms with Crippen LogP contribution in [0, 0.1) is 11.3 Å². The molecule has 1 aliphatic heterocycles. The van der Waals surface area contributed by atoms with Gasteiger partial charge in [-0.1, -0.05) is 0 Å². The van der Waals surface area contributed by atoms with E-state index in [9.17, 15) is 18.0 Å². The molecule has 0 unspecified atom stereocenters. The Labute approximate surface area is 161 Å². The van der Waals surface area contributed by atoms with E-state index in [0.717, 1.165) is 11.3 Å². The van der Waals surface area contributed by atoms with Gasteiger partial charge in [-0.25, -0.2) is 9.98 Å². The number of amidine groups is 1. The Bertz CT molecular complexity index is 964. The van der Waals surface area contributed by atoms with Gasteiger partial charge in [-0.15, -0.1) is 11.3 Å². The highest BCUT2D eigenvalue weighted by molar-refractivity contribution is 7.10. The second kappa shape index (κ2) is 7.12. The fourth-order valence-corrected chi connectivity index (χ4v) is 3.63. The van der Waals surface area contributed by atoms with Crippen LogP contribution in [0.1, 0.15) is 34.3 Å². The number of pyridine rings is 1. The number of aromatic nitrogens is 1. The van der Waals surface area contributed by atoms with Crippen LogP contribution in [0.5, 0.6) is 0 Å². The van der Waals surface area contributed by atoms with Gasteiger partial charge >= 0.3 is 6.18 Å². The number of hydrogen-bond donors (Lipinski definition) is 2. The van der Waals surface area contributed by atoms with E-state index in [4.69, 9.17) is 11.0 Å². The molecule has 7 nitrogen and oxygen atoms in total. The van der Waals surface area contributed by atoms with Crippen LogP contribution in [0.15, 0.2) is 34.8 Å². The van der Waals surface area contributed by atoms with E-state index in [0.29, 0.717) is 16.1 Å². The Morgan fingerprint density at radius 3 is 2.86 bits per heavy atom. The minimum Gasteiger partial charge on any atom is -0.452 e. The smallest absolute Gasteiger partial charge is 0.425 e. The number of hydrogen-bond acceptors (Lipinski definition) is 7. The third-order valence-electron chi connectivity index (χ3n) is 4.08. The summed E-state index contributed by atoms with van der Waals surface area (Å²) in [5.74, 6) is -0.512. The summed E-state index contributed by atoms with van der Waals surface area (Å²) >= 11 is 1.15. The number of nitrogens with zero attached hydrogens (tertiary/aromatic N) is 3. The zero-order valence-corrected chi connectivity index (χ0v) is 15.3. The molecule has 0 aromatic carbocycles. The van der Waals surface area contributed by atoms with Crippen molar-refractivity contribution in [3.63, 3.8) is 0 Å². The van der Waals surface area contributed by atoms with Crippen molar-refractivity contribution in [2.24, 2.45) is 10.7 Å². The first kappa shape index (κ1) is 19.6. The zero-order valence-electron chi connectivity index (χ0n) is 14.4. The summed E-state index contributed by atoms with van der Waals surface area (Å²) in [6, 6.07) is 5.77. The molecular formula is C17H14F3N5O2S. The van der Waals surface area contributed by atoms with E-state index in [1.165, 1.54) is 25.3 Å². The van der Waals surface area contributed by atoms with Gasteiger partial charge in [0.05, 0.1) is 11.3 Å². The summed E-state index contributed by atoms with van der Waals surface area (Å²) in [5.41, 5.74) is 5.03. The maximum Gasteiger partial charge on any atom is 0.425 e. The lowest BCUT2D eigenvalue weighted by atomic mass is 9.92. The van der Waals surface area contributed by atoms with Gasteiger partial charge in [0.1, 0.15) is 17.3 Å². The molecule has 3 heterocycles. The highest BCUT2D eigenvalue weighted by atomic mass is 32.1. The zero-order chi connectivity index (χ0) is 20.5. The van der Waals surface area contributed by atoms with Crippen LogP contribution < -0.4 is 11.1 Å². The van der Waals surface area contributed by atoms with Crippen molar-refractivity contribution in [2.45, 2.75) is 31.2 Å². The van der Waals surface area contributed by atoms with Crippen molar-refractivity contribution in [1.29, 1.82) is 5.26 Å². The molecule has 2 atom stereocenters. The van der Waals surface area contributed by atoms with E-state index in [-0.39, 0.29) is 5.69 Å². The number of alkyl halides is 3. The number of aliphatic imine (C=N–C) groups is 1. The number of halogens is 3. The minimum absolute atomic E-state index is 0.100. The third kappa shape index (κ3) is 4.07. The molecule has 28 heavy (non-hydrogen) atoms. The molecular weight excluding hydrogens is 395 g/mol. The number of thiophene rings is 1. The maximum absolute atomic E-state index is 13.1. The van der Waals surface area contributed by atoms with Gasteiger partial charge in [-0.05, 0) is 25.1 Å². The molecule has 0 saturated carbocycles. The number of nitrogens with two attached hydrogens (primary N) is 1. The Hall–Kier alpha value is -3.13. The molecule has 0 bridgehead atoms. The van der Waals surface area contributed by atoms with Crippen LogP contribution in [-0.2, 0) is 10.3 Å². The highest BCUT2D eigenvalue weighted by Crippen LogP contribution is 2.42. The molecule has 0 spiro atoms. The average Bonchev–Trinajstić information content (AvgIpc) is 3.10. The topological polar surface area (TPSA) is 113 Å². The van der Waals surface area contributed by atoms with Gasteiger partial charge in [0.25, 0.3) is 11.9 Å². The number of carbonyl (C=O) groups is 1. The lowest BCUT2D eigenvalue weighted by molar-refractivity contribution is -0.208. The van der Waals surface area contributed by atoms with Gasteiger partial charge in [0.2, 0.25) is 0 Å². The highest BCUT2D eigenvalue weighted by Gasteiger charge is 2.49. The number of anilines is 1. The predicted octanol–water partition coefficient (Wildman–Crippen LogP) is 3.15. The van der Waals surface area contributed by atoms with Crippen molar-refractivity contribution >= 4 is 29.0 Å². The second-order valence-corrected chi connectivity index (χ2v) is 7.19. The molecule has 0 fully saturated rings. The largest absolute Gasteiger partial charge is 0.452 e. The number of rotatable bonds is 3. The van der Waals surface area contributed by atoms with E-state index < -0.39 is 36.2 Å². The molecule has 0 aliphatic carbocycles. The van der Waals surface area contributed by atoms with Crippen molar-refractivity contribution < 1.29 is 22.7 Å². The van der Waals surface area contributed by atoms with E-state index in [1.807, 2.05) is 6.07 Å². The number of nitriles is 1. The summed E-state index contributed by atoms with van der Waals surface area (Å²) in [5, 5.41) is 13.0. The van der Waals surface area contributed by atoms with Crippen LogP contribution >= 0.6 is 11.3 Å². The van der Waals surface area contributed by atoms with Gasteiger partial charge in [0, 0.05) is 22.9 Å². The van der Waals surface area contributed by atoms with Crippen molar-refractivity contribution in [3.05, 3.63) is 45.9 Å². The predicted molar refractivity (Wildman–Crippen MR) is 95.7 cm³/mol. The van der Waals surface area contributed by atoms with Crippen molar-refractivity contribution in [3.8, 4) is 6.07 Å². The third-order valence-corrected chi connectivity index (χ3v) is 5.26. The summed E-state index contributed by atoms with van der Waals surface area (Å²) < 4.78 is 43.9. The summed E-state index contributed by atoms with van der Waals surface area (Å²) in [7, 11) is 0. The Morgan fingerprint density at radius 2 is 2.25 bits per heavy atom.